The van der Waals surface area contributed by atoms with Crippen LogP contribution in [0.15, 0.2) is 5.10 Å². The molecule has 0 heterocycles. The molecule has 0 radical (unpaired) electrons. The van der Waals surface area contributed by atoms with E-state index in [-0.39, 0.29) is 0 Å². The second-order valence-electron chi connectivity index (χ2n) is 3.72. The van der Waals surface area contributed by atoms with Crippen LogP contribution in [0.3, 0.4) is 0 Å². The van der Waals surface area contributed by atoms with E-state index in [2.05, 4.69) is 22.8 Å². The Morgan fingerprint density at radius 2 is 2.14 bits per heavy atom. The molecule has 0 aromatic heterocycles. The minimum atomic E-state index is 0.593. The normalized spacial score (nSPS) is 21.6. The number of hydrazone groups is 1. The highest BCUT2D eigenvalue weighted by Gasteiger charge is 2.15. The van der Waals surface area contributed by atoms with Crippen LogP contribution < -0.4 is 10.7 Å². The Balaban J connectivity index is 2.30. The highest BCUT2D eigenvalue weighted by Crippen LogP contribution is 2.24. The molecular formula is C10H19N3S. The van der Waals surface area contributed by atoms with Crippen molar-refractivity contribution < 1.29 is 0 Å². The Morgan fingerprint density at radius 3 is 2.64 bits per heavy atom. The van der Waals surface area contributed by atoms with Crippen LogP contribution in [-0.4, -0.2) is 17.9 Å². The average Bonchev–Trinajstić information content (AvgIpc) is 2.26. The molecule has 80 valence electrons. The molecule has 14 heavy (non-hydrogen) atoms. The zero-order valence-corrected chi connectivity index (χ0v) is 9.78. The van der Waals surface area contributed by atoms with Crippen molar-refractivity contribution in [3.8, 4) is 0 Å². The second kappa shape index (κ2) is 5.96. The topological polar surface area (TPSA) is 36.4 Å². The maximum absolute atomic E-state index is 4.94. The van der Waals surface area contributed by atoms with E-state index in [1.807, 2.05) is 0 Å². The van der Waals surface area contributed by atoms with Crippen LogP contribution in [0.2, 0.25) is 0 Å². The number of nitrogens with one attached hydrogen (secondary N) is 2. The molecule has 0 aromatic rings. The van der Waals surface area contributed by atoms with Gasteiger partial charge in [-0.1, -0.05) is 13.3 Å². The number of hydrogen-bond acceptors (Lipinski definition) is 2. The minimum absolute atomic E-state index is 0.593. The van der Waals surface area contributed by atoms with Gasteiger partial charge in [0.25, 0.3) is 0 Å². The summed E-state index contributed by atoms with van der Waals surface area (Å²) in [7, 11) is 1.80. The lowest BCUT2D eigenvalue weighted by molar-refractivity contribution is 0.428. The van der Waals surface area contributed by atoms with Gasteiger partial charge in [0, 0.05) is 12.8 Å². The SMILES string of the molecule is CCC1CCC(=NNC(=S)NC)CC1. The summed E-state index contributed by atoms with van der Waals surface area (Å²) in [6.45, 7) is 2.27. The third-order valence-electron chi connectivity index (χ3n) is 2.80. The predicted molar refractivity (Wildman–Crippen MR) is 64.5 cm³/mol. The van der Waals surface area contributed by atoms with E-state index in [0.29, 0.717) is 5.11 Å². The van der Waals surface area contributed by atoms with Gasteiger partial charge in [0.1, 0.15) is 0 Å². The van der Waals surface area contributed by atoms with Crippen molar-refractivity contribution in [2.75, 3.05) is 7.05 Å². The Kier molecular flexibility index (Phi) is 4.87. The largest absolute Gasteiger partial charge is 0.364 e. The van der Waals surface area contributed by atoms with E-state index in [9.17, 15) is 0 Å². The number of hydrogen-bond donors (Lipinski definition) is 2. The van der Waals surface area contributed by atoms with Crippen molar-refractivity contribution in [1.29, 1.82) is 0 Å². The molecule has 0 aromatic carbocycles. The molecule has 1 rings (SSSR count). The Bertz CT molecular complexity index is 215. The Morgan fingerprint density at radius 1 is 1.50 bits per heavy atom. The standard InChI is InChI=1S/C10H19N3S/c1-3-8-4-6-9(7-5-8)12-13-10(14)11-2/h8H,3-7H2,1-2H3,(H2,11,13,14). The monoisotopic (exact) mass is 213 g/mol. The van der Waals surface area contributed by atoms with Gasteiger partial charge in [0.2, 0.25) is 0 Å². The van der Waals surface area contributed by atoms with Crippen molar-refractivity contribution in [1.82, 2.24) is 10.7 Å². The highest BCUT2D eigenvalue weighted by molar-refractivity contribution is 7.80. The first-order chi connectivity index (χ1) is 6.76. The summed E-state index contributed by atoms with van der Waals surface area (Å²) < 4.78 is 0. The van der Waals surface area contributed by atoms with Gasteiger partial charge in [-0.05, 0) is 43.8 Å². The summed E-state index contributed by atoms with van der Waals surface area (Å²) in [4.78, 5) is 0. The highest BCUT2D eigenvalue weighted by atomic mass is 32.1. The molecule has 4 heteroatoms. The van der Waals surface area contributed by atoms with Crippen LogP contribution >= 0.6 is 12.2 Å². The fourth-order valence-corrected chi connectivity index (χ4v) is 1.76. The van der Waals surface area contributed by atoms with E-state index in [4.69, 9.17) is 12.2 Å². The summed E-state index contributed by atoms with van der Waals surface area (Å²) >= 11 is 4.94. The molecule has 1 aliphatic carbocycles. The molecule has 2 N–H and O–H groups in total. The molecule has 0 amide bonds. The molecule has 0 unspecified atom stereocenters. The molecule has 0 saturated heterocycles. The quantitative estimate of drug-likeness (QED) is 0.544. The van der Waals surface area contributed by atoms with Gasteiger partial charge in [-0.25, -0.2) is 0 Å². The summed E-state index contributed by atoms with van der Waals surface area (Å²) in [6.07, 6.45) is 6.11. The molecule has 3 nitrogen and oxygen atoms in total. The third-order valence-corrected chi connectivity index (χ3v) is 3.10. The summed E-state index contributed by atoms with van der Waals surface area (Å²) in [6, 6.07) is 0. The smallest absolute Gasteiger partial charge is 0.186 e. The van der Waals surface area contributed by atoms with Gasteiger partial charge in [-0.3, -0.25) is 5.43 Å². The Hall–Kier alpha value is -0.640. The maximum Gasteiger partial charge on any atom is 0.186 e. The van der Waals surface area contributed by atoms with Crippen LogP contribution in [0.5, 0.6) is 0 Å². The number of rotatable bonds is 2. The second-order valence-corrected chi connectivity index (χ2v) is 4.13. The van der Waals surface area contributed by atoms with Crippen molar-refractivity contribution in [2.24, 2.45) is 11.0 Å². The lowest BCUT2D eigenvalue weighted by Gasteiger charge is -2.21. The molecule has 1 saturated carbocycles. The van der Waals surface area contributed by atoms with E-state index in [1.165, 1.54) is 25.0 Å². The molecule has 1 fully saturated rings. The molecule has 0 bridgehead atoms. The van der Waals surface area contributed by atoms with Crippen LogP contribution in [0.25, 0.3) is 0 Å². The first-order valence-electron chi connectivity index (χ1n) is 5.29. The first-order valence-corrected chi connectivity index (χ1v) is 5.70. The molecule has 0 atom stereocenters. The van der Waals surface area contributed by atoms with Crippen molar-refractivity contribution in [3.05, 3.63) is 0 Å². The van der Waals surface area contributed by atoms with E-state index >= 15 is 0 Å². The first kappa shape index (κ1) is 11.4. The van der Waals surface area contributed by atoms with Gasteiger partial charge in [-0.2, -0.15) is 5.10 Å². The van der Waals surface area contributed by atoms with Gasteiger partial charge in [0.05, 0.1) is 0 Å². The van der Waals surface area contributed by atoms with E-state index in [1.54, 1.807) is 7.05 Å². The lowest BCUT2D eigenvalue weighted by Crippen LogP contribution is -2.30. The van der Waals surface area contributed by atoms with Crippen molar-refractivity contribution in [3.63, 3.8) is 0 Å². The van der Waals surface area contributed by atoms with Crippen molar-refractivity contribution >= 4 is 23.0 Å². The lowest BCUT2D eigenvalue weighted by atomic mass is 9.86. The van der Waals surface area contributed by atoms with Crippen LogP contribution in [0, 0.1) is 5.92 Å². The molecule has 1 aliphatic rings. The third kappa shape index (κ3) is 3.62. The van der Waals surface area contributed by atoms with Gasteiger partial charge in [-0.15, -0.1) is 0 Å². The molecule has 0 aliphatic heterocycles. The van der Waals surface area contributed by atoms with Crippen LogP contribution in [0.1, 0.15) is 39.0 Å². The zero-order valence-electron chi connectivity index (χ0n) is 8.97. The fraction of sp³-hybridized carbons (Fsp3) is 0.800. The zero-order chi connectivity index (χ0) is 10.4. The van der Waals surface area contributed by atoms with Crippen LogP contribution in [-0.2, 0) is 0 Å². The van der Waals surface area contributed by atoms with E-state index < -0.39 is 0 Å². The Labute approximate surface area is 91.3 Å². The van der Waals surface area contributed by atoms with Gasteiger partial charge in [0.15, 0.2) is 5.11 Å². The molecule has 0 spiro atoms. The summed E-state index contributed by atoms with van der Waals surface area (Å²) in [5.41, 5.74) is 4.10. The van der Waals surface area contributed by atoms with Gasteiger partial charge < -0.3 is 5.32 Å². The summed E-state index contributed by atoms with van der Waals surface area (Å²) in [5.74, 6) is 0.908. The van der Waals surface area contributed by atoms with Crippen LogP contribution in [0.4, 0.5) is 0 Å². The molecular weight excluding hydrogens is 194 g/mol. The van der Waals surface area contributed by atoms with E-state index in [0.717, 1.165) is 18.8 Å². The minimum Gasteiger partial charge on any atom is -0.364 e. The van der Waals surface area contributed by atoms with Gasteiger partial charge >= 0.3 is 0 Å². The number of thiocarbonyl (C=S) groups is 1. The number of nitrogens with zero attached hydrogens (tertiary/aromatic N) is 1. The summed E-state index contributed by atoms with van der Waals surface area (Å²) in [5, 5.41) is 7.72. The fourth-order valence-electron chi connectivity index (χ4n) is 1.72. The maximum atomic E-state index is 4.94. The predicted octanol–water partition coefficient (Wildman–Crippen LogP) is 2.04. The average molecular weight is 213 g/mol. The van der Waals surface area contributed by atoms with Crippen molar-refractivity contribution in [2.45, 2.75) is 39.0 Å².